The van der Waals surface area contributed by atoms with Gasteiger partial charge in [-0.3, -0.25) is 0 Å². The molecular weight excluding hydrogens is 324 g/mol. The minimum Gasteiger partial charge on any atom is -0.489 e. The second-order valence-corrected chi connectivity index (χ2v) is 6.28. The maximum absolute atomic E-state index is 10.6. The number of aliphatic carboxylic acids is 1. The molecule has 138 valence electrons. The lowest BCUT2D eigenvalue weighted by Crippen LogP contribution is -1.99. The van der Waals surface area contributed by atoms with E-state index in [4.69, 9.17) is 9.84 Å². The number of allylic oxidation sites excluding steroid dienone is 6. The van der Waals surface area contributed by atoms with E-state index in [2.05, 4.69) is 45.6 Å². The quantitative estimate of drug-likeness (QED) is 0.369. The molecule has 0 radical (unpaired) electrons. The molecule has 0 aliphatic heterocycles. The maximum Gasteiger partial charge on any atom is 0.328 e. The second-order valence-electron chi connectivity index (χ2n) is 6.28. The van der Waals surface area contributed by atoms with Crippen molar-refractivity contribution in [3.05, 3.63) is 82.5 Å². The van der Waals surface area contributed by atoms with E-state index in [0.717, 1.165) is 22.4 Å². The molecule has 0 aromatic heterocycles. The molecule has 0 unspecified atom stereocenters. The lowest BCUT2D eigenvalue weighted by molar-refractivity contribution is -0.131. The Morgan fingerprint density at radius 1 is 1.15 bits per heavy atom. The van der Waals surface area contributed by atoms with Crippen LogP contribution in [-0.4, -0.2) is 17.7 Å². The standard InChI is InChI=1S/C23H28O3/c1-7-13-26-22-15-18(4)21(19(5)20(22)6)12-11-16(2)9-8-10-17(3)14-23(24)25/h7-12,14-15H,1,13H2,2-6H3,(H,24,25)/b10-8+,12-11+,16-9+,17-14+. The van der Waals surface area contributed by atoms with Crippen molar-refractivity contribution in [2.24, 2.45) is 0 Å². The Kier molecular flexibility index (Phi) is 8.36. The summed E-state index contributed by atoms with van der Waals surface area (Å²) >= 11 is 0. The molecule has 3 heteroatoms. The number of benzene rings is 1. The minimum atomic E-state index is -0.936. The number of carbonyl (C=O) groups is 1. The smallest absolute Gasteiger partial charge is 0.328 e. The average molecular weight is 352 g/mol. The van der Waals surface area contributed by atoms with Crippen LogP contribution < -0.4 is 4.74 Å². The molecule has 0 heterocycles. The van der Waals surface area contributed by atoms with Crippen LogP contribution in [-0.2, 0) is 4.79 Å². The molecule has 0 bridgehead atoms. The van der Waals surface area contributed by atoms with Crippen LogP contribution in [0.5, 0.6) is 5.75 Å². The van der Waals surface area contributed by atoms with Crippen LogP contribution >= 0.6 is 0 Å². The molecule has 0 atom stereocenters. The van der Waals surface area contributed by atoms with Gasteiger partial charge in [0.2, 0.25) is 0 Å². The summed E-state index contributed by atoms with van der Waals surface area (Å²) in [6, 6.07) is 2.06. The zero-order chi connectivity index (χ0) is 19.7. The van der Waals surface area contributed by atoms with E-state index >= 15 is 0 Å². The van der Waals surface area contributed by atoms with Crippen molar-refractivity contribution in [2.45, 2.75) is 34.6 Å². The van der Waals surface area contributed by atoms with Crippen molar-refractivity contribution in [3.8, 4) is 5.75 Å². The van der Waals surface area contributed by atoms with Gasteiger partial charge in [0.15, 0.2) is 0 Å². The Labute approximate surface area is 156 Å². The van der Waals surface area contributed by atoms with E-state index in [1.807, 2.05) is 19.1 Å². The van der Waals surface area contributed by atoms with Crippen LogP contribution in [0.4, 0.5) is 0 Å². The number of ether oxygens (including phenoxy) is 1. The molecule has 1 aromatic carbocycles. The van der Waals surface area contributed by atoms with Gasteiger partial charge in [0.25, 0.3) is 0 Å². The van der Waals surface area contributed by atoms with Crippen molar-refractivity contribution >= 4 is 12.0 Å². The largest absolute Gasteiger partial charge is 0.489 e. The lowest BCUT2D eigenvalue weighted by Gasteiger charge is -2.15. The molecule has 3 nitrogen and oxygen atoms in total. The number of aryl methyl sites for hydroxylation is 1. The van der Waals surface area contributed by atoms with Gasteiger partial charge in [0.1, 0.15) is 12.4 Å². The van der Waals surface area contributed by atoms with Gasteiger partial charge in [-0.2, -0.15) is 0 Å². The molecule has 0 fully saturated rings. The zero-order valence-electron chi connectivity index (χ0n) is 16.3. The van der Waals surface area contributed by atoms with E-state index in [-0.39, 0.29) is 0 Å². The molecule has 0 amide bonds. The van der Waals surface area contributed by atoms with Gasteiger partial charge in [-0.25, -0.2) is 4.79 Å². The Morgan fingerprint density at radius 2 is 1.85 bits per heavy atom. The molecule has 1 N–H and O–H groups in total. The van der Waals surface area contributed by atoms with Gasteiger partial charge < -0.3 is 9.84 Å². The number of rotatable bonds is 8. The Hall–Kier alpha value is -2.81. The summed E-state index contributed by atoms with van der Waals surface area (Å²) in [5.74, 6) is -0.0393. The highest BCUT2D eigenvalue weighted by molar-refractivity contribution is 5.81. The Morgan fingerprint density at radius 3 is 2.46 bits per heavy atom. The minimum absolute atomic E-state index is 0.499. The van der Waals surface area contributed by atoms with Gasteiger partial charge in [-0.05, 0) is 68.5 Å². The monoisotopic (exact) mass is 352 g/mol. The predicted molar refractivity (Wildman–Crippen MR) is 110 cm³/mol. The van der Waals surface area contributed by atoms with E-state index in [1.54, 1.807) is 19.1 Å². The molecule has 0 saturated heterocycles. The van der Waals surface area contributed by atoms with Gasteiger partial charge >= 0.3 is 5.97 Å². The van der Waals surface area contributed by atoms with Crippen LogP contribution in [0.25, 0.3) is 6.08 Å². The summed E-state index contributed by atoms with van der Waals surface area (Å²) in [5, 5.41) is 8.69. The fourth-order valence-electron chi connectivity index (χ4n) is 2.49. The summed E-state index contributed by atoms with van der Waals surface area (Å²) < 4.78 is 5.72. The molecule has 0 saturated carbocycles. The summed E-state index contributed by atoms with van der Waals surface area (Å²) in [5.41, 5.74) is 6.45. The van der Waals surface area contributed by atoms with Crippen LogP contribution in [0, 0.1) is 20.8 Å². The topological polar surface area (TPSA) is 46.5 Å². The third-order valence-corrected chi connectivity index (χ3v) is 4.05. The van der Waals surface area contributed by atoms with Crippen LogP contribution in [0.2, 0.25) is 0 Å². The molecule has 26 heavy (non-hydrogen) atoms. The molecule has 1 aromatic rings. The first kappa shape index (κ1) is 21.2. The maximum atomic E-state index is 10.6. The highest BCUT2D eigenvalue weighted by Crippen LogP contribution is 2.28. The van der Waals surface area contributed by atoms with Crippen LogP contribution in [0.15, 0.2) is 60.2 Å². The average Bonchev–Trinajstić information content (AvgIpc) is 2.56. The van der Waals surface area contributed by atoms with Gasteiger partial charge in [0.05, 0.1) is 0 Å². The fourth-order valence-corrected chi connectivity index (χ4v) is 2.49. The van der Waals surface area contributed by atoms with Crippen molar-refractivity contribution in [2.75, 3.05) is 6.61 Å². The highest BCUT2D eigenvalue weighted by atomic mass is 16.5. The highest BCUT2D eigenvalue weighted by Gasteiger charge is 2.09. The van der Waals surface area contributed by atoms with Crippen LogP contribution in [0.3, 0.4) is 0 Å². The Balaban J connectivity index is 2.98. The van der Waals surface area contributed by atoms with Crippen molar-refractivity contribution in [1.29, 1.82) is 0 Å². The van der Waals surface area contributed by atoms with Gasteiger partial charge in [-0.15, -0.1) is 0 Å². The van der Waals surface area contributed by atoms with Crippen molar-refractivity contribution < 1.29 is 14.6 Å². The first-order chi connectivity index (χ1) is 12.3. The van der Waals surface area contributed by atoms with Gasteiger partial charge in [0, 0.05) is 6.08 Å². The summed E-state index contributed by atoms with van der Waals surface area (Å²) in [4.78, 5) is 10.6. The Bertz CT molecular complexity index is 790. The number of carboxylic acid groups (broad SMARTS) is 1. The van der Waals surface area contributed by atoms with E-state index in [0.29, 0.717) is 12.2 Å². The number of hydrogen-bond acceptors (Lipinski definition) is 2. The third-order valence-electron chi connectivity index (χ3n) is 4.05. The predicted octanol–water partition coefficient (Wildman–Crippen LogP) is 5.72. The molecule has 0 aliphatic rings. The number of hydrogen-bond donors (Lipinski definition) is 1. The van der Waals surface area contributed by atoms with E-state index in [9.17, 15) is 4.79 Å². The van der Waals surface area contributed by atoms with E-state index in [1.165, 1.54) is 17.2 Å². The summed E-state index contributed by atoms with van der Waals surface area (Å²) in [6.07, 6.45) is 12.7. The first-order valence-electron chi connectivity index (χ1n) is 8.55. The molecule has 0 spiro atoms. The second kappa shape index (κ2) is 10.2. The van der Waals surface area contributed by atoms with Gasteiger partial charge in [-0.1, -0.05) is 48.6 Å². The molecular formula is C23H28O3. The molecule has 0 aliphatic carbocycles. The normalized spacial score (nSPS) is 12.8. The first-order valence-corrected chi connectivity index (χ1v) is 8.55. The van der Waals surface area contributed by atoms with E-state index < -0.39 is 5.97 Å². The number of carboxylic acids is 1. The fraction of sp³-hybridized carbons (Fsp3) is 0.261. The zero-order valence-corrected chi connectivity index (χ0v) is 16.3. The lowest BCUT2D eigenvalue weighted by atomic mass is 9.96. The SMILES string of the molecule is C=CCOc1cc(C)c(/C=C/C(C)=C/C=C/C(C)=C/C(=O)O)c(C)c1C. The molecule has 1 rings (SSSR count). The van der Waals surface area contributed by atoms with Crippen LogP contribution in [0.1, 0.15) is 36.1 Å². The third kappa shape index (κ3) is 6.60. The summed E-state index contributed by atoms with van der Waals surface area (Å²) in [6.45, 7) is 14.2. The van der Waals surface area contributed by atoms with Crippen molar-refractivity contribution in [3.63, 3.8) is 0 Å². The van der Waals surface area contributed by atoms with Crippen molar-refractivity contribution in [1.82, 2.24) is 0 Å². The summed E-state index contributed by atoms with van der Waals surface area (Å²) in [7, 11) is 0.